The maximum atomic E-state index is 12.3. The highest BCUT2D eigenvalue weighted by molar-refractivity contribution is 7.89. The molecular weight excluding hydrogens is 328 g/mol. The first kappa shape index (κ1) is 18.7. The standard InChI is InChI=1S/C17H26N2O4S/c1-13-10-14(2)12-19(11-13)17(20)8-9-18-24(21,22)16-6-4-15(23-3)5-7-16/h4-7,13-14,18H,8-12H2,1-3H3. The highest BCUT2D eigenvalue weighted by Gasteiger charge is 2.25. The number of sulfonamides is 1. The molecule has 1 aliphatic rings. The van der Waals surface area contributed by atoms with E-state index in [9.17, 15) is 13.2 Å². The van der Waals surface area contributed by atoms with E-state index in [2.05, 4.69) is 18.6 Å². The zero-order chi connectivity index (χ0) is 17.7. The quantitative estimate of drug-likeness (QED) is 0.846. The largest absolute Gasteiger partial charge is 0.497 e. The van der Waals surface area contributed by atoms with Crippen LogP contribution < -0.4 is 9.46 Å². The summed E-state index contributed by atoms with van der Waals surface area (Å²) in [6.07, 6.45) is 1.31. The van der Waals surface area contributed by atoms with Crippen molar-refractivity contribution in [3.05, 3.63) is 24.3 Å². The molecule has 1 aliphatic heterocycles. The van der Waals surface area contributed by atoms with E-state index in [1.807, 2.05) is 4.90 Å². The Balaban J connectivity index is 1.86. The lowest BCUT2D eigenvalue weighted by molar-refractivity contribution is -0.133. The molecule has 0 aromatic heterocycles. The lowest BCUT2D eigenvalue weighted by Crippen LogP contribution is -2.43. The van der Waals surface area contributed by atoms with Crippen molar-refractivity contribution in [2.75, 3.05) is 26.7 Å². The third kappa shape index (κ3) is 4.95. The zero-order valence-corrected chi connectivity index (χ0v) is 15.3. The summed E-state index contributed by atoms with van der Waals surface area (Å²) in [5.74, 6) is 1.59. The van der Waals surface area contributed by atoms with Gasteiger partial charge in [-0.05, 0) is 42.5 Å². The predicted octanol–water partition coefficient (Wildman–Crippen LogP) is 1.87. The predicted molar refractivity (Wildman–Crippen MR) is 92.3 cm³/mol. The van der Waals surface area contributed by atoms with E-state index < -0.39 is 10.0 Å². The molecule has 0 spiro atoms. The van der Waals surface area contributed by atoms with Crippen LogP contribution in [0.2, 0.25) is 0 Å². The van der Waals surface area contributed by atoms with Gasteiger partial charge in [-0.1, -0.05) is 13.8 Å². The van der Waals surface area contributed by atoms with Crippen molar-refractivity contribution in [1.82, 2.24) is 9.62 Å². The van der Waals surface area contributed by atoms with Crippen molar-refractivity contribution in [2.45, 2.75) is 31.6 Å². The van der Waals surface area contributed by atoms with Gasteiger partial charge < -0.3 is 9.64 Å². The van der Waals surface area contributed by atoms with Crippen LogP contribution >= 0.6 is 0 Å². The van der Waals surface area contributed by atoms with E-state index in [-0.39, 0.29) is 23.8 Å². The fraction of sp³-hybridized carbons (Fsp3) is 0.588. The number of amides is 1. The first-order chi connectivity index (χ1) is 11.3. The van der Waals surface area contributed by atoms with Gasteiger partial charge in [0.2, 0.25) is 15.9 Å². The number of carbonyl (C=O) groups is 1. The molecule has 1 heterocycles. The molecule has 1 fully saturated rings. The summed E-state index contributed by atoms with van der Waals surface area (Å²) in [5.41, 5.74) is 0. The second-order valence-electron chi connectivity index (χ2n) is 6.57. The second kappa shape index (κ2) is 7.98. The maximum absolute atomic E-state index is 12.3. The van der Waals surface area contributed by atoms with Crippen LogP contribution in [0.4, 0.5) is 0 Å². The minimum Gasteiger partial charge on any atom is -0.497 e. The summed E-state index contributed by atoms with van der Waals surface area (Å²) in [5, 5.41) is 0. The van der Waals surface area contributed by atoms with Crippen molar-refractivity contribution >= 4 is 15.9 Å². The van der Waals surface area contributed by atoms with Crippen LogP contribution in [0.5, 0.6) is 5.75 Å². The molecule has 2 atom stereocenters. The van der Waals surface area contributed by atoms with Crippen molar-refractivity contribution < 1.29 is 17.9 Å². The van der Waals surface area contributed by atoms with Crippen LogP contribution in [0, 0.1) is 11.8 Å². The summed E-state index contributed by atoms with van der Waals surface area (Å²) >= 11 is 0. The molecule has 0 aliphatic carbocycles. The number of nitrogens with zero attached hydrogens (tertiary/aromatic N) is 1. The number of nitrogens with one attached hydrogen (secondary N) is 1. The molecule has 2 unspecified atom stereocenters. The molecule has 1 N–H and O–H groups in total. The Kier molecular flexibility index (Phi) is 6.23. The Bertz CT molecular complexity index is 648. The summed E-state index contributed by atoms with van der Waals surface area (Å²) in [7, 11) is -2.09. The number of rotatable bonds is 6. The highest BCUT2D eigenvalue weighted by Crippen LogP contribution is 2.21. The van der Waals surface area contributed by atoms with Gasteiger partial charge in [0.25, 0.3) is 0 Å². The Morgan fingerprint density at radius 2 is 1.79 bits per heavy atom. The number of methoxy groups -OCH3 is 1. The van der Waals surface area contributed by atoms with Gasteiger partial charge in [0, 0.05) is 26.1 Å². The highest BCUT2D eigenvalue weighted by atomic mass is 32.2. The number of likely N-dealkylation sites (tertiary alicyclic amines) is 1. The number of hydrogen-bond acceptors (Lipinski definition) is 4. The molecule has 6 nitrogen and oxygen atoms in total. The summed E-state index contributed by atoms with van der Waals surface area (Å²) in [6, 6.07) is 6.15. The molecule has 7 heteroatoms. The molecule has 1 saturated heterocycles. The SMILES string of the molecule is COc1ccc(S(=O)(=O)NCCC(=O)N2CC(C)CC(C)C2)cc1. The summed E-state index contributed by atoms with van der Waals surface area (Å²) < 4.78 is 31.9. The normalized spacial score (nSPS) is 21.5. The molecule has 1 amide bonds. The molecule has 1 aromatic carbocycles. The average Bonchev–Trinajstić information content (AvgIpc) is 2.53. The van der Waals surface area contributed by atoms with E-state index in [1.54, 1.807) is 12.1 Å². The van der Waals surface area contributed by atoms with Crippen LogP contribution in [0.3, 0.4) is 0 Å². The van der Waals surface area contributed by atoms with Crippen molar-refractivity contribution in [2.24, 2.45) is 11.8 Å². The van der Waals surface area contributed by atoms with E-state index in [0.717, 1.165) is 19.5 Å². The number of hydrogen-bond donors (Lipinski definition) is 1. The number of benzene rings is 1. The molecule has 24 heavy (non-hydrogen) atoms. The van der Waals surface area contributed by atoms with Gasteiger partial charge in [0.1, 0.15) is 5.75 Å². The third-order valence-corrected chi connectivity index (χ3v) is 5.70. The van der Waals surface area contributed by atoms with Crippen molar-refractivity contribution in [3.63, 3.8) is 0 Å². The minimum absolute atomic E-state index is 0.00540. The minimum atomic E-state index is -3.61. The van der Waals surface area contributed by atoms with Crippen LogP contribution in [0.25, 0.3) is 0 Å². The lowest BCUT2D eigenvalue weighted by Gasteiger charge is -2.35. The third-order valence-electron chi connectivity index (χ3n) is 4.22. The lowest BCUT2D eigenvalue weighted by atomic mass is 9.92. The Morgan fingerprint density at radius 3 is 2.33 bits per heavy atom. The second-order valence-corrected chi connectivity index (χ2v) is 8.34. The van der Waals surface area contributed by atoms with Gasteiger partial charge in [-0.15, -0.1) is 0 Å². The molecule has 134 valence electrons. The fourth-order valence-corrected chi connectivity index (χ4v) is 4.19. The van der Waals surface area contributed by atoms with Crippen LogP contribution in [-0.4, -0.2) is 46.0 Å². The molecule has 2 rings (SSSR count). The van der Waals surface area contributed by atoms with E-state index in [1.165, 1.54) is 19.2 Å². The Labute approximate surface area is 144 Å². The van der Waals surface area contributed by atoms with Gasteiger partial charge in [0.15, 0.2) is 0 Å². The van der Waals surface area contributed by atoms with Gasteiger partial charge >= 0.3 is 0 Å². The monoisotopic (exact) mass is 354 g/mol. The van der Waals surface area contributed by atoms with Gasteiger partial charge in [-0.2, -0.15) is 0 Å². The van der Waals surface area contributed by atoms with E-state index in [4.69, 9.17) is 4.74 Å². The number of carbonyl (C=O) groups excluding carboxylic acids is 1. The van der Waals surface area contributed by atoms with Crippen LogP contribution in [0.15, 0.2) is 29.2 Å². The molecule has 0 bridgehead atoms. The summed E-state index contributed by atoms with van der Waals surface area (Å²) in [4.78, 5) is 14.3. The average molecular weight is 354 g/mol. The van der Waals surface area contributed by atoms with Gasteiger partial charge in [-0.3, -0.25) is 4.79 Å². The van der Waals surface area contributed by atoms with Crippen molar-refractivity contribution in [3.8, 4) is 5.75 Å². The Hall–Kier alpha value is -1.60. The zero-order valence-electron chi connectivity index (χ0n) is 14.5. The van der Waals surface area contributed by atoms with Gasteiger partial charge in [-0.25, -0.2) is 13.1 Å². The number of piperidine rings is 1. The molecule has 1 aromatic rings. The maximum Gasteiger partial charge on any atom is 0.240 e. The van der Waals surface area contributed by atoms with Crippen LogP contribution in [-0.2, 0) is 14.8 Å². The smallest absolute Gasteiger partial charge is 0.240 e. The fourth-order valence-electron chi connectivity index (χ4n) is 3.16. The topological polar surface area (TPSA) is 75.7 Å². The van der Waals surface area contributed by atoms with Gasteiger partial charge in [0.05, 0.1) is 12.0 Å². The molecule has 0 saturated carbocycles. The first-order valence-electron chi connectivity index (χ1n) is 8.23. The Morgan fingerprint density at radius 1 is 1.21 bits per heavy atom. The summed E-state index contributed by atoms with van der Waals surface area (Å²) in [6.45, 7) is 5.90. The van der Waals surface area contributed by atoms with Crippen LogP contribution in [0.1, 0.15) is 26.7 Å². The first-order valence-corrected chi connectivity index (χ1v) is 9.71. The molecular formula is C17H26N2O4S. The molecule has 0 radical (unpaired) electrons. The van der Waals surface area contributed by atoms with Crippen molar-refractivity contribution in [1.29, 1.82) is 0 Å². The van der Waals surface area contributed by atoms with E-state index >= 15 is 0 Å². The van der Waals surface area contributed by atoms with E-state index in [0.29, 0.717) is 17.6 Å². The number of ether oxygens (including phenoxy) is 1.